The van der Waals surface area contributed by atoms with E-state index in [2.05, 4.69) is 30.5 Å². The van der Waals surface area contributed by atoms with Crippen LogP contribution in [0.4, 0.5) is 0 Å². The van der Waals surface area contributed by atoms with Crippen molar-refractivity contribution in [3.8, 4) is 0 Å². The summed E-state index contributed by atoms with van der Waals surface area (Å²) in [5, 5.41) is 0. The van der Waals surface area contributed by atoms with Crippen molar-refractivity contribution >= 4 is 21.8 Å². The number of ether oxygens (including phenoxy) is 2. The molecular weight excluding hydrogens is 526 g/mol. The van der Waals surface area contributed by atoms with Gasteiger partial charge in [0.15, 0.2) is 0 Å². The number of nitrogens with zero attached hydrogens (tertiary/aromatic N) is 1. The van der Waals surface area contributed by atoms with E-state index in [9.17, 15) is 13.2 Å². The number of hydrogen-bond acceptors (Lipinski definition) is 6. The van der Waals surface area contributed by atoms with E-state index in [0.29, 0.717) is 38.4 Å². The Morgan fingerprint density at radius 2 is 1.27 bits per heavy atom. The first-order valence-corrected chi connectivity index (χ1v) is 16.4. The van der Waals surface area contributed by atoms with Crippen molar-refractivity contribution in [2.75, 3.05) is 25.5 Å². The third kappa shape index (κ3) is 16.3. The number of carbonyl (C=O) groups is 1. The molecule has 238 valence electrons. The molecule has 0 aliphatic heterocycles. The van der Waals surface area contributed by atoms with E-state index in [0.717, 1.165) is 19.3 Å². The lowest BCUT2D eigenvalue weighted by Gasteiger charge is -2.35. The first-order valence-electron chi connectivity index (χ1n) is 14.8. The maximum atomic E-state index is 13.0. The van der Waals surface area contributed by atoms with Crippen LogP contribution in [0, 0.1) is 21.7 Å². The van der Waals surface area contributed by atoms with Gasteiger partial charge in [-0.25, -0.2) is 8.42 Å². The number of nitrogens with two attached hydrogens (primary N) is 1. The van der Waals surface area contributed by atoms with Crippen LogP contribution in [0.15, 0.2) is 4.99 Å². The molecule has 0 aliphatic rings. The molecule has 0 saturated carbocycles. The fourth-order valence-electron chi connectivity index (χ4n) is 5.60. The first kappa shape index (κ1) is 38.8. The second-order valence-electron chi connectivity index (χ2n) is 16.0. The van der Waals surface area contributed by atoms with Gasteiger partial charge < -0.3 is 15.2 Å². The van der Waals surface area contributed by atoms with E-state index in [1.165, 1.54) is 0 Å². The fourth-order valence-corrected chi connectivity index (χ4v) is 7.36. The zero-order valence-electron chi connectivity index (χ0n) is 28.3. The van der Waals surface area contributed by atoms with Crippen molar-refractivity contribution in [3.05, 3.63) is 0 Å². The number of hydrogen-bond donors (Lipinski definition) is 2. The number of carbonyl (C=O) groups excluding carboxylic acids is 1. The van der Waals surface area contributed by atoms with Gasteiger partial charge in [0.2, 0.25) is 15.9 Å². The Kier molecular flexibility index (Phi) is 13.9. The molecule has 1 amide bonds. The molecule has 0 saturated heterocycles. The highest BCUT2D eigenvalue weighted by Gasteiger charge is 2.38. The van der Waals surface area contributed by atoms with Crippen LogP contribution in [-0.2, 0) is 24.3 Å². The van der Waals surface area contributed by atoms with E-state index < -0.39 is 32.2 Å². The van der Waals surface area contributed by atoms with Gasteiger partial charge in [-0.2, -0.15) is 0 Å². The lowest BCUT2D eigenvalue weighted by atomic mass is 9.75. The summed E-state index contributed by atoms with van der Waals surface area (Å²) < 4.78 is 40.4. The summed E-state index contributed by atoms with van der Waals surface area (Å²) in [5.74, 6) is -0.209. The number of sulfonamides is 1. The summed E-state index contributed by atoms with van der Waals surface area (Å²) >= 11 is 0. The molecule has 40 heavy (non-hydrogen) atoms. The molecule has 0 bridgehead atoms. The van der Waals surface area contributed by atoms with Crippen molar-refractivity contribution in [2.24, 2.45) is 32.4 Å². The standard InChI is InChI=1S/C31H63N3O5S/c1-15-16-30(11,12)38-19-17-31(13,14)39-20-18-33-24(32)28(7,8)22-27(5,6)23-40(36,37)34-25(35)29(9,10)21-26(2,3)4/h15-23H2,1-14H3,(H2,32,33)(H,34,35). The molecule has 3 N–H and O–H groups in total. The summed E-state index contributed by atoms with van der Waals surface area (Å²) in [6, 6.07) is 0. The van der Waals surface area contributed by atoms with Gasteiger partial charge in [0.25, 0.3) is 0 Å². The van der Waals surface area contributed by atoms with Gasteiger partial charge >= 0.3 is 0 Å². The highest BCUT2D eigenvalue weighted by molar-refractivity contribution is 7.90. The molecule has 0 aliphatic carbocycles. The van der Waals surface area contributed by atoms with E-state index in [-0.39, 0.29) is 22.4 Å². The minimum absolute atomic E-state index is 0.106. The second kappa shape index (κ2) is 14.3. The molecular formula is C31H63N3O5S. The highest BCUT2D eigenvalue weighted by atomic mass is 32.2. The van der Waals surface area contributed by atoms with Crippen LogP contribution < -0.4 is 10.5 Å². The molecule has 0 radical (unpaired) electrons. The lowest BCUT2D eigenvalue weighted by molar-refractivity contribution is -0.128. The Labute approximate surface area is 247 Å². The number of aliphatic imine (C=N–C) groups is 1. The largest absolute Gasteiger partial charge is 0.387 e. The van der Waals surface area contributed by atoms with Gasteiger partial charge in [-0.15, -0.1) is 0 Å². The van der Waals surface area contributed by atoms with Gasteiger partial charge in [0.05, 0.1) is 42.5 Å². The monoisotopic (exact) mass is 589 g/mol. The molecule has 0 aromatic rings. The van der Waals surface area contributed by atoms with Gasteiger partial charge in [-0.05, 0) is 64.2 Å². The van der Waals surface area contributed by atoms with Gasteiger partial charge in [0, 0.05) is 10.8 Å². The lowest BCUT2D eigenvalue weighted by Crippen LogP contribution is -2.46. The van der Waals surface area contributed by atoms with Crippen molar-refractivity contribution in [1.82, 2.24) is 4.72 Å². The molecule has 0 spiro atoms. The van der Waals surface area contributed by atoms with Crippen molar-refractivity contribution in [1.29, 1.82) is 0 Å². The van der Waals surface area contributed by atoms with Gasteiger partial charge in [-0.1, -0.05) is 75.7 Å². The van der Waals surface area contributed by atoms with E-state index >= 15 is 0 Å². The van der Waals surface area contributed by atoms with Crippen LogP contribution in [0.2, 0.25) is 0 Å². The normalized spacial score (nSPS) is 14.9. The predicted octanol–water partition coefficient (Wildman–Crippen LogP) is 6.48. The molecule has 9 heteroatoms. The summed E-state index contributed by atoms with van der Waals surface area (Å²) in [4.78, 5) is 17.4. The number of nitrogens with one attached hydrogen (secondary N) is 1. The molecule has 0 aromatic carbocycles. The van der Waals surface area contributed by atoms with Crippen LogP contribution in [0.25, 0.3) is 0 Å². The Bertz CT molecular complexity index is 943. The summed E-state index contributed by atoms with van der Waals surface area (Å²) in [6.07, 6.45) is 3.92. The first-order chi connectivity index (χ1) is 17.6. The summed E-state index contributed by atoms with van der Waals surface area (Å²) in [5.41, 5.74) is 3.82. The average Bonchev–Trinajstić information content (AvgIpc) is 2.66. The van der Waals surface area contributed by atoms with E-state index in [4.69, 9.17) is 15.2 Å². The third-order valence-corrected chi connectivity index (χ3v) is 8.60. The Morgan fingerprint density at radius 1 is 0.775 bits per heavy atom. The fraction of sp³-hybridized carbons (Fsp3) is 0.935. The van der Waals surface area contributed by atoms with Crippen LogP contribution in [0.1, 0.15) is 129 Å². The van der Waals surface area contributed by atoms with Crippen LogP contribution in [0.3, 0.4) is 0 Å². The maximum Gasteiger partial charge on any atom is 0.239 e. The number of rotatable bonds is 18. The Balaban J connectivity index is 5.01. The molecule has 0 rings (SSSR count). The van der Waals surface area contributed by atoms with E-state index in [1.807, 2.05) is 62.3 Å². The summed E-state index contributed by atoms with van der Waals surface area (Å²) in [7, 11) is -3.84. The zero-order chi connectivity index (χ0) is 31.8. The summed E-state index contributed by atoms with van der Waals surface area (Å²) in [6.45, 7) is 29.3. The highest BCUT2D eigenvalue weighted by Crippen LogP contribution is 2.36. The van der Waals surface area contributed by atoms with Gasteiger partial charge in [0.1, 0.15) is 0 Å². The Morgan fingerprint density at radius 3 is 1.77 bits per heavy atom. The van der Waals surface area contributed by atoms with Crippen molar-refractivity contribution in [3.63, 3.8) is 0 Å². The molecule has 0 fully saturated rings. The number of amides is 1. The van der Waals surface area contributed by atoms with Crippen LogP contribution in [0.5, 0.6) is 0 Å². The second-order valence-corrected chi connectivity index (χ2v) is 17.7. The van der Waals surface area contributed by atoms with Crippen LogP contribution >= 0.6 is 0 Å². The van der Waals surface area contributed by atoms with Crippen molar-refractivity contribution < 1.29 is 22.7 Å². The third-order valence-electron chi connectivity index (χ3n) is 6.95. The molecule has 0 aromatic heterocycles. The predicted molar refractivity (Wildman–Crippen MR) is 168 cm³/mol. The van der Waals surface area contributed by atoms with Crippen molar-refractivity contribution in [2.45, 2.75) is 140 Å². The maximum absolute atomic E-state index is 13.0. The molecule has 0 atom stereocenters. The quantitative estimate of drug-likeness (QED) is 0.107. The minimum atomic E-state index is -3.84. The number of amidine groups is 1. The topological polar surface area (TPSA) is 120 Å². The SMILES string of the molecule is CCCC(C)(C)OCCC(C)(C)OCCN=C(N)C(C)(C)CC(C)(C)CS(=O)(=O)NC(=O)C(C)(C)CC(C)(C)C. The Hall–Kier alpha value is -1.19. The van der Waals surface area contributed by atoms with E-state index in [1.54, 1.807) is 13.8 Å². The average molecular weight is 590 g/mol. The van der Waals surface area contributed by atoms with Gasteiger partial charge in [-0.3, -0.25) is 14.5 Å². The molecule has 0 heterocycles. The zero-order valence-corrected chi connectivity index (χ0v) is 29.2. The molecule has 8 nitrogen and oxygen atoms in total. The smallest absolute Gasteiger partial charge is 0.239 e. The molecule has 0 unspecified atom stereocenters. The minimum Gasteiger partial charge on any atom is -0.387 e. The van der Waals surface area contributed by atoms with Crippen LogP contribution in [-0.4, -0.2) is 56.9 Å².